The number of rotatable bonds is 1. The Labute approximate surface area is 77.7 Å². The van der Waals surface area contributed by atoms with Gasteiger partial charge in [0.15, 0.2) is 0 Å². The number of nitrogens with two attached hydrogens (primary N) is 1. The van der Waals surface area contributed by atoms with E-state index in [1.807, 2.05) is 0 Å². The minimum atomic E-state index is -2.24. The van der Waals surface area contributed by atoms with Crippen molar-refractivity contribution in [2.24, 2.45) is 28.9 Å². The number of alkyl halides is 2. The van der Waals surface area contributed by atoms with Crippen molar-refractivity contribution in [2.45, 2.75) is 39.2 Å². The van der Waals surface area contributed by atoms with Crippen LogP contribution in [0, 0.1) is 23.2 Å². The Hall–Kier alpha value is -0.180. The number of hydrogen-bond donors (Lipinski definition) is 1. The number of fused-ring (bicyclic) bond motifs is 2. The first-order valence-corrected chi connectivity index (χ1v) is 4.98. The highest BCUT2D eigenvalue weighted by Gasteiger charge is 2.59. The van der Waals surface area contributed by atoms with Gasteiger partial charge in [-0.15, -0.1) is 0 Å². The van der Waals surface area contributed by atoms with E-state index in [0.717, 1.165) is 12.8 Å². The number of hydrogen-bond acceptors (Lipinski definition) is 1. The first-order valence-electron chi connectivity index (χ1n) is 4.98. The van der Waals surface area contributed by atoms with Crippen LogP contribution in [0.25, 0.3) is 0 Å². The molecule has 2 bridgehead atoms. The van der Waals surface area contributed by atoms with Crippen LogP contribution in [0.15, 0.2) is 0 Å². The van der Waals surface area contributed by atoms with E-state index in [9.17, 15) is 8.78 Å². The highest BCUT2D eigenvalue weighted by Crippen LogP contribution is 2.61. The van der Waals surface area contributed by atoms with Gasteiger partial charge in [0.05, 0.1) is 0 Å². The van der Waals surface area contributed by atoms with Crippen molar-refractivity contribution >= 4 is 0 Å². The lowest BCUT2D eigenvalue weighted by atomic mass is 9.44. The van der Waals surface area contributed by atoms with Crippen molar-refractivity contribution in [3.63, 3.8) is 0 Å². The van der Waals surface area contributed by atoms with E-state index in [-0.39, 0.29) is 17.4 Å². The fourth-order valence-electron chi connectivity index (χ4n) is 3.26. The van der Waals surface area contributed by atoms with Gasteiger partial charge < -0.3 is 5.73 Å². The topological polar surface area (TPSA) is 26.0 Å². The molecular formula is C10H17F2N. The molecule has 76 valence electrons. The van der Waals surface area contributed by atoms with Gasteiger partial charge in [0, 0.05) is 12.0 Å². The summed E-state index contributed by atoms with van der Waals surface area (Å²) in [5, 5.41) is 0. The molecule has 0 heterocycles. The molecule has 4 atom stereocenters. The number of halogens is 2. The summed E-state index contributed by atoms with van der Waals surface area (Å²) in [5.74, 6) is 0.184. The molecule has 3 rings (SSSR count). The molecule has 3 fully saturated rings. The van der Waals surface area contributed by atoms with Crippen molar-refractivity contribution in [1.82, 2.24) is 0 Å². The minimum Gasteiger partial charge on any atom is -0.327 e. The molecule has 0 spiro atoms. The van der Waals surface area contributed by atoms with E-state index in [4.69, 9.17) is 5.73 Å². The van der Waals surface area contributed by atoms with Crippen molar-refractivity contribution < 1.29 is 8.78 Å². The molecule has 4 unspecified atom stereocenters. The third-order valence-corrected chi connectivity index (χ3v) is 4.35. The van der Waals surface area contributed by atoms with E-state index in [2.05, 4.69) is 13.8 Å². The molecule has 0 aromatic rings. The van der Waals surface area contributed by atoms with Crippen LogP contribution in [0.3, 0.4) is 0 Å². The lowest BCUT2D eigenvalue weighted by molar-refractivity contribution is -0.154. The van der Waals surface area contributed by atoms with Crippen molar-refractivity contribution in [3.8, 4) is 0 Å². The maximum Gasteiger partial charge on any atom is 0.243 e. The molecule has 0 aromatic heterocycles. The molecule has 0 radical (unpaired) electrons. The second-order valence-electron chi connectivity index (χ2n) is 5.17. The third kappa shape index (κ3) is 1.13. The van der Waals surface area contributed by atoms with Gasteiger partial charge in [-0.2, -0.15) is 0 Å². The SMILES string of the molecule is CC1(C)C2CC(N)C(C(F)F)C1C2. The summed E-state index contributed by atoms with van der Waals surface area (Å²) in [6.07, 6.45) is -0.477. The molecule has 3 saturated carbocycles. The van der Waals surface area contributed by atoms with Crippen LogP contribution in [0.5, 0.6) is 0 Å². The van der Waals surface area contributed by atoms with Gasteiger partial charge in [-0.05, 0) is 30.1 Å². The highest BCUT2D eigenvalue weighted by molar-refractivity contribution is 5.07. The molecule has 3 heteroatoms. The Morgan fingerprint density at radius 2 is 1.92 bits per heavy atom. The van der Waals surface area contributed by atoms with Crippen LogP contribution in [-0.2, 0) is 0 Å². The maximum atomic E-state index is 12.7. The van der Waals surface area contributed by atoms with Crippen LogP contribution in [-0.4, -0.2) is 12.5 Å². The van der Waals surface area contributed by atoms with Gasteiger partial charge in [0.2, 0.25) is 6.43 Å². The van der Waals surface area contributed by atoms with Crippen molar-refractivity contribution in [3.05, 3.63) is 0 Å². The molecule has 13 heavy (non-hydrogen) atoms. The van der Waals surface area contributed by atoms with Crippen molar-refractivity contribution in [1.29, 1.82) is 0 Å². The Morgan fingerprint density at radius 3 is 2.31 bits per heavy atom. The van der Waals surface area contributed by atoms with E-state index in [1.54, 1.807) is 0 Å². The van der Waals surface area contributed by atoms with E-state index in [1.165, 1.54) is 0 Å². The normalized spacial score (nSPS) is 47.5. The van der Waals surface area contributed by atoms with Crippen LogP contribution in [0.4, 0.5) is 8.78 Å². The van der Waals surface area contributed by atoms with Gasteiger partial charge >= 0.3 is 0 Å². The maximum absolute atomic E-state index is 12.7. The summed E-state index contributed by atoms with van der Waals surface area (Å²) in [4.78, 5) is 0. The standard InChI is InChI=1S/C10H17F2N/c1-10(2)5-3-6(10)8(9(11)12)7(13)4-5/h5-9H,3-4,13H2,1-2H3. The fraction of sp³-hybridized carbons (Fsp3) is 1.00. The monoisotopic (exact) mass is 189 g/mol. The molecule has 0 amide bonds. The fourth-order valence-corrected chi connectivity index (χ4v) is 3.26. The van der Waals surface area contributed by atoms with E-state index in [0.29, 0.717) is 5.92 Å². The Morgan fingerprint density at radius 1 is 1.31 bits per heavy atom. The first-order chi connectivity index (χ1) is 5.94. The molecule has 3 aliphatic rings. The lowest BCUT2D eigenvalue weighted by Gasteiger charge is -2.61. The summed E-state index contributed by atoms with van der Waals surface area (Å²) < 4.78 is 25.4. The van der Waals surface area contributed by atoms with E-state index < -0.39 is 12.3 Å². The summed E-state index contributed by atoms with van der Waals surface area (Å²) in [6, 6.07) is -0.267. The quantitative estimate of drug-likeness (QED) is 0.672. The molecule has 3 aliphatic carbocycles. The molecule has 1 nitrogen and oxygen atoms in total. The smallest absolute Gasteiger partial charge is 0.243 e. The van der Waals surface area contributed by atoms with Crippen LogP contribution in [0.1, 0.15) is 26.7 Å². The lowest BCUT2D eigenvalue weighted by Crippen LogP contribution is -2.61. The second-order valence-corrected chi connectivity index (χ2v) is 5.17. The second kappa shape index (κ2) is 2.66. The van der Waals surface area contributed by atoms with Gasteiger partial charge in [0.25, 0.3) is 0 Å². The Bertz CT molecular complexity index is 215. The predicted molar refractivity (Wildman–Crippen MR) is 47.5 cm³/mol. The van der Waals surface area contributed by atoms with Crippen LogP contribution in [0.2, 0.25) is 0 Å². The largest absolute Gasteiger partial charge is 0.327 e. The average Bonchev–Trinajstić information content (AvgIpc) is 2.03. The molecule has 0 saturated heterocycles. The first kappa shape index (κ1) is 9.38. The molecular weight excluding hydrogens is 172 g/mol. The summed E-state index contributed by atoms with van der Waals surface area (Å²) in [5.41, 5.74) is 5.85. The van der Waals surface area contributed by atoms with Gasteiger partial charge in [-0.25, -0.2) is 8.78 Å². The summed E-state index contributed by atoms with van der Waals surface area (Å²) in [6.45, 7) is 4.21. The highest BCUT2D eigenvalue weighted by atomic mass is 19.3. The zero-order chi connectivity index (χ0) is 9.80. The van der Waals surface area contributed by atoms with Gasteiger partial charge in [0.1, 0.15) is 0 Å². The molecule has 2 N–H and O–H groups in total. The van der Waals surface area contributed by atoms with Gasteiger partial charge in [-0.1, -0.05) is 13.8 Å². The Balaban J connectivity index is 2.18. The van der Waals surface area contributed by atoms with Crippen molar-refractivity contribution in [2.75, 3.05) is 0 Å². The average molecular weight is 189 g/mol. The minimum absolute atomic E-state index is 0.108. The van der Waals surface area contributed by atoms with E-state index >= 15 is 0 Å². The zero-order valence-corrected chi connectivity index (χ0v) is 8.13. The van der Waals surface area contributed by atoms with Crippen LogP contribution >= 0.6 is 0 Å². The molecule has 0 aromatic carbocycles. The predicted octanol–water partition coefficient (Wildman–Crippen LogP) is 2.26. The van der Waals surface area contributed by atoms with Gasteiger partial charge in [-0.3, -0.25) is 0 Å². The molecule has 0 aliphatic heterocycles. The van der Waals surface area contributed by atoms with Crippen LogP contribution < -0.4 is 5.73 Å². The summed E-state index contributed by atoms with van der Waals surface area (Å²) >= 11 is 0. The zero-order valence-electron chi connectivity index (χ0n) is 8.13. The summed E-state index contributed by atoms with van der Waals surface area (Å²) in [7, 11) is 0. The Kier molecular flexibility index (Phi) is 1.92. The third-order valence-electron chi connectivity index (χ3n) is 4.35.